The molecular weight excluding hydrogens is 451 g/mol. The zero-order chi connectivity index (χ0) is 21.8. The maximum atomic E-state index is 6.28. The highest BCUT2D eigenvalue weighted by molar-refractivity contribution is 6.31. The summed E-state index contributed by atoms with van der Waals surface area (Å²) in [5.74, 6) is 1.04. The van der Waals surface area contributed by atoms with Crippen molar-refractivity contribution in [3.05, 3.63) is 88.9 Å². The van der Waals surface area contributed by atoms with E-state index in [0.29, 0.717) is 5.02 Å². The lowest BCUT2D eigenvalue weighted by Gasteiger charge is -2.36. The van der Waals surface area contributed by atoms with Gasteiger partial charge >= 0.3 is 0 Å². The molecule has 5 rings (SSSR count). The molecule has 172 valence electrons. The summed E-state index contributed by atoms with van der Waals surface area (Å²) in [5, 5.41) is 4.25. The standard InChI is InChI=1S/C27H29ClN4.ClH/c28-22-13-14-25-26(20-22)30-27(23-11-4-5-12-24(23)29-25)32-18-16-31(17-19-32)15-7-6-10-21-8-2-1-3-9-21;/h1-5,8-9,11-14,20,29H,6-7,10,15-19H2;1H. The Balaban J connectivity index is 0.00000259. The predicted molar refractivity (Wildman–Crippen MR) is 142 cm³/mol. The molecule has 0 aliphatic carbocycles. The molecule has 0 aromatic heterocycles. The fraction of sp³-hybridized carbons (Fsp3) is 0.296. The minimum absolute atomic E-state index is 0. The van der Waals surface area contributed by atoms with Gasteiger partial charge in [0.15, 0.2) is 0 Å². The number of unbranched alkanes of at least 4 members (excludes halogenated alkanes) is 1. The first-order valence-corrected chi connectivity index (χ1v) is 11.9. The third-order valence-electron chi connectivity index (χ3n) is 6.33. The van der Waals surface area contributed by atoms with Gasteiger partial charge in [-0.15, -0.1) is 12.4 Å². The summed E-state index contributed by atoms with van der Waals surface area (Å²) in [6.45, 7) is 5.29. The van der Waals surface area contributed by atoms with Crippen LogP contribution in [0.2, 0.25) is 5.02 Å². The Morgan fingerprint density at radius 2 is 1.58 bits per heavy atom. The Morgan fingerprint density at radius 3 is 2.39 bits per heavy atom. The van der Waals surface area contributed by atoms with Gasteiger partial charge < -0.3 is 10.2 Å². The molecule has 3 aromatic carbocycles. The van der Waals surface area contributed by atoms with Crippen LogP contribution in [0.4, 0.5) is 17.1 Å². The van der Waals surface area contributed by atoms with Gasteiger partial charge in [-0.25, -0.2) is 4.99 Å². The number of amidine groups is 1. The molecule has 6 heteroatoms. The number of aryl methyl sites for hydroxylation is 1. The number of fused-ring (bicyclic) bond motifs is 2. The number of nitrogens with one attached hydrogen (secondary N) is 1. The zero-order valence-corrected chi connectivity index (χ0v) is 20.3. The number of nitrogens with zero attached hydrogens (tertiary/aromatic N) is 3. The van der Waals surface area contributed by atoms with Crippen molar-refractivity contribution >= 4 is 46.9 Å². The average molecular weight is 481 g/mol. The van der Waals surface area contributed by atoms with Gasteiger partial charge in [-0.1, -0.05) is 54.1 Å². The van der Waals surface area contributed by atoms with E-state index in [-0.39, 0.29) is 12.4 Å². The number of rotatable bonds is 5. The zero-order valence-electron chi connectivity index (χ0n) is 18.7. The molecule has 0 atom stereocenters. The van der Waals surface area contributed by atoms with E-state index in [4.69, 9.17) is 16.6 Å². The summed E-state index contributed by atoms with van der Waals surface area (Å²) >= 11 is 6.28. The molecule has 3 aromatic rings. The largest absolute Gasteiger partial charge is 0.353 e. The van der Waals surface area contributed by atoms with Gasteiger partial charge in [0, 0.05) is 42.5 Å². The molecule has 2 aliphatic rings. The second-order valence-corrected chi connectivity index (χ2v) is 8.98. The minimum Gasteiger partial charge on any atom is -0.353 e. The number of piperazine rings is 1. The number of anilines is 2. The third kappa shape index (κ3) is 5.70. The van der Waals surface area contributed by atoms with E-state index >= 15 is 0 Å². The Morgan fingerprint density at radius 1 is 0.818 bits per heavy atom. The number of benzene rings is 3. The minimum atomic E-state index is 0. The van der Waals surface area contributed by atoms with Gasteiger partial charge in [-0.3, -0.25) is 4.90 Å². The molecule has 0 unspecified atom stereocenters. The maximum absolute atomic E-state index is 6.28. The van der Waals surface area contributed by atoms with Crippen LogP contribution in [0.15, 0.2) is 77.8 Å². The second kappa shape index (κ2) is 11.1. The summed E-state index contributed by atoms with van der Waals surface area (Å²) in [6, 6.07) is 25.1. The van der Waals surface area contributed by atoms with Crippen molar-refractivity contribution < 1.29 is 0 Å². The number of hydrogen-bond acceptors (Lipinski definition) is 4. The van der Waals surface area contributed by atoms with Crippen LogP contribution in [-0.4, -0.2) is 48.4 Å². The van der Waals surface area contributed by atoms with E-state index in [2.05, 4.69) is 69.7 Å². The van der Waals surface area contributed by atoms with E-state index < -0.39 is 0 Å². The lowest BCUT2D eigenvalue weighted by molar-refractivity contribution is 0.180. The number of aliphatic imine (C=N–C) groups is 1. The van der Waals surface area contributed by atoms with Crippen LogP contribution in [0, 0.1) is 0 Å². The van der Waals surface area contributed by atoms with E-state index in [1.807, 2.05) is 18.2 Å². The highest BCUT2D eigenvalue weighted by atomic mass is 35.5. The molecule has 0 spiro atoms. The predicted octanol–water partition coefficient (Wildman–Crippen LogP) is 6.54. The molecule has 2 aliphatic heterocycles. The van der Waals surface area contributed by atoms with Crippen molar-refractivity contribution in [1.82, 2.24) is 9.80 Å². The fourth-order valence-electron chi connectivity index (χ4n) is 4.54. The Kier molecular flexibility index (Phi) is 7.92. The first-order valence-electron chi connectivity index (χ1n) is 11.5. The summed E-state index contributed by atoms with van der Waals surface area (Å²) in [4.78, 5) is 10.1. The smallest absolute Gasteiger partial charge is 0.138 e. The fourth-order valence-corrected chi connectivity index (χ4v) is 4.71. The van der Waals surface area contributed by atoms with Gasteiger partial charge in [0.25, 0.3) is 0 Å². The lowest BCUT2D eigenvalue weighted by Crippen LogP contribution is -2.49. The number of halogens is 2. The summed E-state index contributed by atoms with van der Waals surface area (Å²) < 4.78 is 0. The Hall–Kier alpha value is -2.53. The number of hydrogen-bond donors (Lipinski definition) is 1. The summed E-state index contributed by atoms with van der Waals surface area (Å²) in [6.07, 6.45) is 3.66. The van der Waals surface area contributed by atoms with Crippen molar-refractivity contribution in [2.45, 2.75) is 19.3 Å². The van der Waals surface area contributed by atoms with Gasteiger partial charge in [-0.2, -0.15) is 0 Å². The van der Waals surface area contributed by atoms with Gasteiger partial charge in [-0.05, 0) is 61.7 Å². The van der Waals surface area contributed by atoms with Gasteiger partial charge in [0.05, 0.1) is 11.4 Å². The molecule has 1 N–H and O–H groups in total. The van der Waals surface area contributed by atoms with Gasteiger partial charge in [0.2, 0.25) is 0 Å². The first kappa shape index (κ1) is 23.6. The molecule has 4 nitrogen and oxygen atoms in total. The average Bonchev–Trinajstić information content (AvgIpc) is 2.99. The van der Waals surface area contributed by atoms with E-state index in [0.717, 1.165) is 54.6 Å². The van der Waals surface area contributed by atoms with Crippen molar-refractivity contribution in [3.8, 4) is 0 Å². The van der Waals surface area contributed by atoms with Crippen LogP contribution in [0.3, 0.4) is 0 Å². The Bertz CT molecular complexity index is 1090. The quantitative estimate of drug-likeness (QED) is 0.420. The SMILES string of the molecule is Cl.Clc1ccc2c(c1)N=C(N1CCN(CCCCc3ccccc3)CC1)c1ccccc1N2. The molecule has 33 heavy (non-hydrogen) atoms. The van der Waals surface area contributed by atoms with Crippen molar-refractivity contribution in [3.63, 3.8) is 0 Å². The summed E-state index contributed by atoms with van der Waals surface area (Å²) in [7, 11) is 0. The molecule has 0 bridgehead atoms. The molecule has 0 radical (unpaired) electrons. The van der Waals surface area contributed by atoms with E-state index in [9.17, 15) is 0 Å². The normalized spacial score (nSPS) is 15.4. The molecule has 0 saturated carbocycles. The van der Waals surface area contributed by atoms with E-state index in [1.54, 1.807) is 0 Å². The third-order valence-corrected chi connectivity index (χ3v) is 6.56. The first-order chi connectivity index (χ1) is 15.8. The van der Waals surface area contributed by atoms with E-state index in [1.165, 1.54) is 31.4 Å². The highest BCUT2D eigenvalue weighted by Gasteiger charge is 2.24. The lowest BCUT2D eigenvalue weighted by atomic mass is 10.1. The molecule has 1 saturated heterocycles. The van der Waals surface area contributed by atoms with Crippen molar-refractivity contribution in [2.24, 2.45) is 4.99 Å². The van der Waals surface area contributed by atoms with Crippen molar-refractivity contribution in [2.75, 3.05) is 38.0 Å². The van der Waals surface area contributed by atoms with Crippen LogP contribution >= 0.6 is 24.0 Å². The topological polar surface area (TPSA) is 30.9 Å². The molecule has 1 fully saturated rings. The van der Waals surface area contributed by atoms with Crippen LogP contribution in [-0.2, 0) is 6.42 Å². The molecule has 0 amide bonds. The maximum Gasteiger partial charge on any atom is 0.138 e. The van der Waals surface area contributed by atoms with Crippen molar-refractivity contribution in [1.29, 1.82) is 0 Å². The monoisotopic (exact) mass is 480 g/mol. The van der Waals surface area contributed by atoms with Crippen LogP contribution < -0.4 is 5.32 Å². The number of para-hydroxylation sites is 1. The second-order valence-electron chi connectivity index (χ2n) is 8.54. The van der Waals surface area contributed by atoms with Crippen LogP contribution in [0.25, 0.3) is 0 Å². The summed E-state index contributed by atoms with van der Waals surface area (Å²) in [5.41, 5.74) is 5.57. The molecule has 2 heterocycles. The molecular formula is C27H30Cl2N4. The van der Waals surface area contributed by atoms with Gasteiger partial charge in [0.1, 0.15) is 5.84 Å². The van der Waals surface area contributed by atoms with Crippen LogP contribution in [0.1, 0.15) is 24.0 Å². The highest BCUT2D eigenvalue weighted by Crippen LogP contribution is 2.36. The Labute approximate surface area is 207 Å². The van der Waals surface area contributed by atoms with Crippen LogP contribution in [0.5, 0.6) is 0 Å².